The van der Waals surface area contributed by atoms with Crippen molar-refractivity contribution in [2.24, 2.45) is 0 Å². The van der Waals surface area contributed by atoms with Crippen LogP contribution in [0.5, 0.6) is 0 Å². The molecule has 15 heavy (non-hydrogen) atoms. The number of ether oxygens (including phenoxy) is 1. The Kier molecular flexibility index (Phi) is 3.50. The molecule has 0 spiro atoms. The SMILES string of the molecule is COCCc1cc(N2CCCC2)ncn1. The van der Waals surface area contributed by atoms with Gasteiger partial charge in [0.1, 0.15) is 12.1 Å². The predicted molar refractivity (Wildman–Crippen MR) is 59.1 cm³/mol. The minimum Gasteiger partial charge on any atom is -0.384 e. The molecule has 1 aliphatic heterocycles. The number of nitrogens with zero attached hydrogens (tertiary/aromatic N) is 3. The third-order valence-corrected chi connectivity index (χ3v) is 2.70. The summed E-state index contributed by atoms with van der Waals surface area (Å²) in [6.45, 7) is 2.97. The summed E-state index contributed by atoms with van der Waals surface area (Å²) >= 11 is 0. The first kappa shape index (κ1) is 10.4. The van der Waals surface area contributed by atoms with Crippen LogP contribution in [0, 0.1) is 0 Å². The third kappa shape index (κ3) is 2.65. The lowest BCUT2D eigenvalue weighted by atomic mass is 10.3. The van der Waals surface area contributed by atoms with Gasteiger partial charge in [-0.3, -0.25) is 0 Å². The molecule has 1 aromatic heterocycles. The highest BCUT2D eigenvalue weighted by Gasteiger charge is 2.13. The fourth-order valence-electron chi connectivity index (χ4n) is 1.85. The van der Waals surface area contributed by atoms with Crippen LogP contribution >= 0.6 is 0 Å². The molecule has 82 valence electrons. The summed E-state index contributed by atoms with van der Waals surface area (Å²) in [7, 11) is 1.71. The molecule has 0 aliphatic carbocycles. The molecular weight excluding hydrogens is 190 g/mol. The fourth-order valence-corrected chi connectivity index (χ4v) is 1.85. The topological polar surface area (TPSA) is 38.2 Å². The molecule has 1 aromatic rings. The lowest BCUT2D eigenvalue weighted by Gasteiger charge is -2.16. The number of methoxy groups -OCH3 is 1. The van der Waals surface area contributed by atoms with Gasteiger partial charge in [-0.05, 0) is 12.8 Å². The quantitative estimate of drug-likeness (QED) is 0.745. The maximum absolute atomic E-state index is 5.04. The van der Waals surface area contributed by atoms with Crippen LogP contribution in [0.2, 0.25) is 0 Å². The number of aromatic nitrogens is 2. The van der Waals surface area contributed by atoms with Crippen molar-refractivity contribution in [2.75, 3.05) is 31.7 Å². The van der Waals surface area contributed by atoms with Crippen LogP contribution in [0.25, 0.3) is 0 Å². The van der Waals surface area contributed by atoms with Crippen LogP contribution in [0.15, 0.2) is 12.4 Å². The fraction of sp³-hybridized carbons (Fsp3) is 0.636. The normalized spacial score (nSPS) is 15.9. The van der Waals surface area contributed by atoms with Gasteiger partial charge in [-0.15, -0.1) is 0 Å². The van der Waals surface area contributed by atoms with Crippen molar-refractivity contribution in [3.05, 3.63) is 18.1 Å². The summed E-state index contributed by atoms with van der Waals surface area (Å²) in [5.74, 6) is 1.06. The van der Waals surface area contributed by atoms with E-state index in [0.29, 0.717) is 0 Å². The maximum atomic E-state index is 5.04. The van der Waals surface area contributed by atoms with Gasteiger partial charge in [0.15, 0.2) is 0 Å². The first-order valence-corrected chi connectivity index (χ1v) is 5.45. The molecular formula is C11H17N3O. The summed E-state index contributed by atoms with van der Waals surface area (Å²) in [6, 6.07) is 2.07. The second-order valence-electron chi connectivity index (χ2n) is 3.80. The van der Waals surface area contributed by atoms with Crippen LogP contribution in [-0.2, 0) is 11.2 Å². The molecule has 0 saturated carbocycles. The van der Waals surface area contributed by atoms with Gasteiger partial charge in [-0.25, -0.2) is 9.97 Å². The zero-order valence-corrected chi connectivity index (χ0v) is 9.15. The van der Waals surface area contributed by atoms with Crippen molar-refractivity contribution in [3.63, 3.8) is 0 Å². The number of hydrogen-bond acceptors (Lipinski definition) is 4. The summed E-state index contributed by atoms with van der Waals surface area (Å²) in [5, 5.41) is 0. The Hall–Kier alpha value is -1.16. The van der Waals surface area contributed by atoms with Gasteiger partial charge >= 0.3 is 0 Å². The van der Waals surface area contributed by atoms with Gasteiger partial charge in [-0.2, -0.15) is 0 Å². The van der Waals surface area contributed by atoms with E-state index in [-0.39, 0.29) is 0 Å². The highest BCUT2D eigenvalue weighted by atomic mass is 16.5. The zero-order valence-electron chi connectivity index (χ0n) is 9.15. The zero-order chi connectivity index (χ0) is 10.5. The molecule has 2 heterocycles. The van der Waals surface area contributed by atoms with E-state index in [1.807, 2.05) is 0 Å². The van der Waals surface area contributed by atoms with Gasteiger partial charge in [0.2, 0.25) is 0 Å². The van der Waals surface area contributed by atoms with Crippen LogP contribution in [-0.4, -0.2) is 36.8 Å². The monoisotopic (exact) mass is 207 g/mol. The highest BCUT2D eigenvalue weighted by Crippen LogP contribution is 2.17. The lowest BCUT2D eigenvalue weighted by Crippen LogP contribution is -2.19. The van der Waals surface area contributed by atoms with Gasteiger partial charge in [0, 0.05) is 38.4 Å². The average molecular weight is 207 g/mol. The molecule has 0 bridgehead atoms. The lowest BCUT2D eigenvalue weighted by molar-refractivity contribution is 0.201. The third-order valence-electron chi connectivity index (χ3n) is 2.70. The van der Waals surface area contributed by atoms with E-state index in [1.165, 1.54) is 12.8 Å². The van der Waals surface area contributed by atoms with Crippen molar-refractivity contribution in [3.8, 4) is 0 Å². The Morgan fingerprint density at radius 2 is 2.13 bits per heavy atom. The highest BCUT2D eigenvalue weighted by molar-refractivity contribution is 5.39. The molecule has 0 N–H and O–H groups in total. The minimum atomic E-state index is 0.719. The second-order valence-corrected chi connectivity index (χ2v) is 3.80. The molecule has 0 unspecified atom stereocenters. The Morgan fingerprint density at radius 1 is 1.33 bits per heavy atom. The number of hydrogen-bond donors (Lipinski definition) is 0. The molecule has 0 aromatic carbocycles. The molecule has 0 amide bonds. The average Bonchev–Trinajstić information content (AvgIpc) is 2.80. The second kappa shape index (κ2) is 5.07. The molecule has 1 fully saturated rings. The van der Waals surface area contributed by atoms with Crippen molar-refractivity contribution >= 4 is 5.82 Å². The number of rotatable bonds is 4. The van der Waals surface area contributed by atoms with E-state index < -0.39 is 0 Å². The molecule has 0 radical (unpaired) electrons. The van der Waals surface area contributed by atoms with Gasteiger partial charge in [-0.1, -0.05) is 0 Å². The molecule has 0 atom stereocenters. The standard InChI is InChI=1S/C11H17N3O/c1-15-7-4-10-8-11(13-9-12-10)14-5-2-3-6-14/h8-9H,2-7H2,1H3. The van der Waals surface area contributed by atoms with Crippen LogP contribution in [0.3, 0.4) is 0 Å². The Labute approximate surface area is 90.3 Å². The van der Waals surface area contributed by atoms with Crippen molar-refractivity contribution in [2.45, 2.75) is 19.3 Å². The first-order valence-electron chi connectivity index (χ1n) is 5.45. The van der Waals surface area contributed by atoms with E-state index >= 15 is 0 Å². The van der Waals surface area contributed by atoms with Crippen LogP contribution < -0.4 is 4.90 Å². The van der Waals surface area contributed by atoms with Crippen molar-refractivity contribution in [1.29, 1.82) is 0 Å². The van der Waals surface area contributed by atoms with E-state index in [0.717, 1.165) is 37.6 Å². The van der Waals surface area contributed by atoms with Crippen molar-refractivity contribution in [1.82, 2.24) is 9.97 Å². The van der Waals surface area contributed by atoms with E-state index in [1.54, 1.807) is 13.4 Å². The summed E-state index contributed by atoms with van der Waals surface area (Å²) in [5.41, 5.74) is 1.06. The van der Waals surface area contributed by atoms with Crippen LogP contribution in [0.1, 0.15) is 18.5 Å². The van der Waals surface area contributed by atoms with E-state index in [4.69, 9.17) is 4.74 Å². The molecule has 4 nitrogen and oxygen atoms in total. The molecule has 1 aliphatic rings. The minimum absolute atomic E-state index is 0.719. The smallest absolute Gasteiger partial charge is 0.132 e. The first-order chi connectivity index (χ1) is 7.40. The molecule has 1 saturated heterocycles. The maximum Gasteiger partial charge on any atom is 0.132 e. The Balaban J connectivity index is 2.04. The van der Waals surface area contributed by atoms with E-state index in [2.05, 4.69) is 20.9 Å². The summed E-state index contributed by atoms with van der Waals surface area (Å²) < 4.78 is 5.04. The van der Waals surface area contributed by atoms with Gasteiger partial charge in [0.05, 0.1) is 6.61 Å². The van der Waals surface area contributed by atoms with Crippen LogP contribution in [0.4, 0.5) is 5.82 Å². The molecule has 4 heteroatoms. The summed E-state index contributed by atoms with van der Waals surface area (Å²) in [6.07, 6.45) is 5.06. The van der Waals surface area contributed by atoms with Gasteiger partial charge in [0.25, 0.3) is 0 Å². The molecule has 2 rings (SSSR count). The Bertz CT molecular complexity index is 310. The van der Waals surface area contributed by atoms with Crippen molar-refractivity contribution < 1.29 is 4.74 Å². The summed E-state index contributed by atoms with van der Waals surface area (Å²) in [4.78, 5) is 10.9. The van der Waals surface area contributed by atoms with E-state index in [9.17, 15) is 0 Å². The van der Waals surface area contributed by atoms with Gasteiger partial charge < -0.3 is 9.64 Å². The predicted octanol–water partition coefficient (Wildman–Crippen LogP) is 1.27. The largest absolute Gasteiger partial charge is 0.384 e. The Morgan fingerprint density at radius 3 is 2.87 bits per heavy atom. The number of anilines is 1.